The topological polar surface area (TPSA) is 79.5 Å². The standard InChI is InChI=1S/C27H31N3O3/c1-19(2)33-25-14-12-21(13-15-25)17-29-26(31)18-28-24-11-7-10-23(16-24)27(32)30-20(3)22-8-5-4-6-9-22/h4-16,19-20,28H,17-18H2,1-3H3,(H,29,31)(H,30,32). The van der Waals surface area contributed by atoms with Crippen molar-refractivity contribution in [2.45, 2.75) is 39.5 Å². The van der Waals surface area contributed by atoms with E-state index in [1.165, 1.54) is 0 Å². The lowest BCUT2D eigenvalue weighted by Gasteiger charge is -2.15. The molecule has 0 heterocycles. The van der Waals surface area contributed by atoms with E-state index >= 15 is 0 Å². The zero-order chi connectivity index (χ0) is 23.6. The summed E-state index contributed by atoms with van der Waals surface area (Å²) in [7, 11) is 0. The third kappa shape index (κ3) is 7.68. The Kier molecular flexibility index (Phi) is 8.47. The first-order valence-corrected chi connectivity index (χ1v) is 11.1. The molecule has 172 valence electrons. The lowest BCUT2D eigenvalue weighted by Crippen LogP contribution is -2.29. The molecule has 0 aliphatic heterocycles. The second-order valence-corrected chi connectivity index (χ2v) is 8.13. The molecule has 0 aliphatic carbocycles. The minimum absolute atomic E-state index is 0.105. The van der Waals surface area contributed by atoms with Crippen LogP contribution in [0.5, 0.6) is 5.75 Å². The Morgan fingerprint density at radius 2 is 1.61 bits per heavy atom. The molecule has 6 heteroatoms. The molecule has 3 N–H and O–H groups in total. The Balaban J connectivity index is 1.47. The van der Waals surface area contributed by atoms with Crippen LogP contribution in [0.4, 0.5) is 5.69 Å². The summed E-state index contributed by atoms with van der Waals surface area (Å²) in [6.07, 6.45) is 0.124. The van der Waals surface area contributed by atoms with Crippen LogP contribution in [0.2, 0.25) is 0 Å². The summed E-state index contributed by atoms with van der Waals surface area (Å²) in [5.74, 6) is 0.512. The lowest BCUT2D eigenvalue weighted by atomic mass is 10.1. The van der Waals surface area contributed by atoms with Crippen molar-refractivity contribution in [3.8, 4) is 5.75 Å². The van der Waals surface area contributed by atoms with Gasteiger partial charge in [0, 0.05) is 17.8 Å². The Labute approximate surface area is 195 Å². The first-order chi connectivity index (χ1) is 15.9. The fourth-order valence-corrected chi connectivity index (χ4v) is 3.28. The highest BCUT2D eigenvalue weighted by molar-refractivity contribution is 5.95. The molecule has 0 spiro atoms. The van der Waals surface area contributed by atoms with Crippen LogP contribution in [0, 0.1) is 0 Å². The molecule has 3 rings (SSSR count). The Hall–Kier alpha value is -3.80. The highest BCUT2D eigenvalue weighted by Gasteiger charge is 2.12. The van der Waals surface area contributed by atoms with E-state index in [0.717, 1.165) is 16.9 Å². The van der Waals surface area contributed by atoms with Gasteiger partial charge in [0.15, 0.2) is 0 Å². The maximum atomic E-state index is 12.6. The van der Waals surface area contributed by atoms with Crippen molar-refractivity contribution in [3.63, 3.8) is 0 Å². The van der Waals surface area contributed by atoms with E-state index in [1.54, 1.807) is 18.2 Å². The third-order valence-electron chi connectivity index (χ3n) is 5.01. The van der Waals surface area contributed by atoms with E-state index in [1.807, 2.05) is 81.4 Å². The molecular weight excluding hydrogens is 414 g/mol. The monoisotopic (exact) mass is 445 g/mol. The second-order valence-electron chi connectivity index (χ2n) is 8.13. The van der Waals surface area contributed by atoms with E-state index in [2.05, 4.69) is 16.0 Å². The highest BCUT2D eigenvalue weighted by atomic mass is 16.5. The number of nitrogens with one attached hydrogen (secondary N) is 3. The first kappa shape index (κ1) is 23.9. The molecular formula is C27H31N3O3. The van der Waals surface area contributed by atoms with Gasteiger partial charge in [0.05, 0.1) is 18.7 Å². The minimum Gasteiger partial charge on any atom is -0.491 e. The molecule has 3 aromatic rings. The summed E-state index contributed by atoms with van der Waals surface area (Å²) < 4.78 is 5.63. The molecule has 33 heavy (non-hydrogen) atoms. The van der Waals surface area contributed by atoms with Gasteiger partial charge in [-0.05, 0) is 62.2 Å². The van der Waals surface area contributed by atoms with Gasteiger partial charge in [-0.3, -0.25) is 9.59 Å². The van der Waals surface area contributed by atoms with Crippen LogP contribution in [0.1, 0.15) is 48.3 Å². The van der Waals surface area contributed by atoms with Crippen molar-refractivity contribution >= 4 is 17.5 Å². The predicted molar refractivity (Wildman–Crippen MR) is 131 cm³/mol. The van der Waals surface area contributed by atoms with Crippen LogP contribution in [0.25, 0.3) is 0 Å². The number of hydrogen-bond donors (Lipinski definition) is 3. The maximum absolute atomic E-state index is 12.6. The lowest BCUT2D eigenvalue weighted by molar-refractivity contribution is -0.119. The molecule has 0 aliphatic rings. The van der Waals surface area contributed by atoms with Crippen LogP contribution in [-0.4, -0.2) is 24.5 Å². The smallest absolute Gasteiger partial charge is 0.251 e. The van der Waals surface area contributed by atoms with Crippen LogP contribution in [-0.2, 0) is 11.3 Å². The average molecular weight is 446 g/mol. The molecule has 0 radical (unpaired) electrons. The third-order valence-corrected chi connectivity index (χ3v) is 5.01. The molecule has 0 saturated heterocycles. The van der Waals surface area contributed by atoms with Crippen LogP contribution < -0.4 is 20.7 Å². The number of anilines is 1. The van der Waals surface area contributed by atoms with E-state index in [0.29, 0.717) is 17.8 Å². The van der Waals surface area contributed by atoms with Gasteiger partial charge in [0.2, 0.25) is 5.91 Å². The SMILES string of the molecule is CC(C)Oc1ccc(CNC(=O)CNc2cccc(C(=O)NC(C)c3ccccc3)c2)cc1. The van der Waals surface area contributed by atoms with Gasteiger partial charge >= 0.3 is 0 Å². The van der Waals surface area contributed by atoms with Gasteiger partial charge in [-0.25, -0.2) is 0 Å². The fraction of sp³-hybridized carbons (Fsp3) is 0.259. The molecule has 0 fully saturated rings. The largest absolute Gasteiger partial charge is 0.491 e. The maximum Gasteiger partial charge on any atom is 0.251 e. The molecule has 1 atom stereocenters. The average Bonchev–Trinajstić information content (AvgIpc) is 2.82. The van der Waals surface area contributed by atoms with Crippen molar-refractivity contribution < 1.29 is 14.3 Å². The Morgan fingerprint density at radius 1 is 0.879 bits per heavy atom. The van der Waals surface area contributed by atoms with Crippen LogP contribution >= 0.6 is 0 Å². The predicted octanol–water partition coefficient (Wildman–Crippen LogP) is 4.69. The Morgan fingerprint density at radius 3 is 2.30 bits per heavy atom. The van der Waals surface area contributed by atoms with Crippen molar-refractivity contribution in [1.29, 1.82) is 0 Å². The van der Waals surface area contributed by atoms with Crippen molar-refractivity contribution in [3.05, 3.63) is 95.6 Å². The van der Waals surface area contributed by atoms with Gasteiger partial charge in [0.25, 0.3) is 5.91 Å². The summed E-state index contributed by atoms with van der Waals surface area (Å²) in [4.78, 5) is 24.9. The molecule has 1 unspecified atom stereocenters. The van der Waals surface area contributed by atoms with Crippen LogP contribution in [0.3, 0.4) is 0 Å². The fourth-order valence-electron chi connectivity index (χ4n) is 3.28. The van der Waals surface area contributed by atoms with E-state index < -0.39 is 0 Å². The molecule has 0 saturated carbocycles. The molecule has 0 bridgehead atoms. The van der Waals surface area contributed by atoms with Gasteiger partial charge in [-0.1, -0.05) is 48.5 Å². The van der Waals surface area contributed by atoms with Gasteiger partial charge in [-0.15, -0.1) is 0 Å². The molecule has 2 amide bonds. The van der Waals surface area contributed by atoms with Crippen molar-refractivity contribution in [1.82, 2.24) is 10.6 Å². The summed E-state index contributed by atoms with van der Waals surface area (Å²) >= 11 is 0. The molecule has 6 nitrogen and oxygen atoms in total. The van der Waals surface area contributed by atoms with Gasteiger partial charge in [-0.2, -0.15) is 0 Å². The number of carbonyl (C=O) groups is 2. The van der Waals surface area contributed by atoms with E-state index in [4.69, 9.17) is 4.74 Å². The minimum atomic E-state index is -0.163. The van der Waals surface area contributed by atoms with Crippen molar-refractivity contribution in [2.24, 2.45) is 0 Å². The zero-order valence-electron chi connectivity index (χ0n) is 19.3. The molecule has 0 aromatic heterocycles. The van der Waals surface area contributed by atoms with Gasteiger partial charge in [0.1, 0.15) is 5.75 Å². The number of amides is 2. The van der Waals surface area contributed by atoms with Gasteiger partial charge < -0.3 is 20.7 Å². The number of ether oxygens (including phenoxy) is 1. The summed E-state index contributed by atoms with van der Waals surface area (Å²) in [6, 6.07) is 24.5. The number of hydrogen-bond acceptors (Lipinski definition) is 4. The molecule has 3 aromatic carbocycles. The summed E-state index contributed by atoms with van der Waals surface area (Å²) in [5, 5.41) is 8.97. The summed E-state index contributed by atoms with van der Waals surface area (Å²) in [5.41, 5.74) is 3.27. The summed E-state index contributed by atoms with van der Waals surface area (Å²) in [6.45, 7) is 6.45. The zero-order valence-corrected chi connectivity index (χ0v) is 19.3. The van der Waals surface area contributed by atoms with E-state index in [-0.39, 0.29) is 30.5 Å². The highest BCUT2D eigenvalue weighted by Crippen LogP contribution is 2.15. The normalized spacial score (nSPS) is 11.5. The second kappa shape index (κ2) is 11.7. The van der Waals surface area contributed by atoms with Crippen LogP contribution in [0.15, 0.2) is 78.9 Å². The quantitative estimate of drug-likeness (QED) is 0.423. The number of benzene rings is 3. The number of carbonyl (C=O) groups excluding carboxylic acids is 2. The van der Waals surface area contributed by atoms with E-state index in [9.17, 15) is 9.59 Å². The van der Waals surface area contributed by atoms with Crippen molar-refractivity contribution in [2.75, 3.05) is 11.9 Å². The Bertz CT molecular complexity index is 1050. The first-order valence-electron chi connectivity index (χ1n) is 11.1. The number of rotatable bonds is 10.